The molecular weight excluding hydrogens is 260 g/mol. The number of hydrogen-bond acceptors (Lipinski definition) is 4. The molecule has 2 unspecified atom stereocenters. The minimum atomic E-state index is 0.162. The van der Waals surface area contributed by atoms with Crippen LogP contribution in [0.25, 0.3) is 0 Å². The molecule has 1 aliphatic carbocycles. The van der Waals surface area contributed by atoms with Crippen LogP contribution < -0.4 is 5.73 Å². The maximum Gasteiger partial charge on any atom is 0.0470 e. The van der Waals surface area contributed by atoms with Gasteiger partial charge in [-0.15, -0.1) is 0 Å². The third-order valence-electron chi connectivity index (χ3n) is 5.41. The van der Waals surface area contributed by atoms with Gasteiger partial charge in [0.15, 0.2) is 0 Å². The van der Waals surface area contributed by atoms with Gasteiger partial charge in [-0.3, -0.25) is 14.8 Å². The number of hydrogen-bond donors (Lipinski definition) is 1. The first-order valence-corrected chi connectivity index (χ1v) is 8.20. The molecule has 1 aliphatic heterocycles. The molecular formula is C17H28N4. The Kier molecular flexibility index (Phi) is 4.29. The molecule has 2 fully saturated rings. The van der Waals surface area contributed by atoms with Gasteiger partial charge in [0.2, 0.25) is 0 Å². The Balaban J connectivity index is 1.62. The molecule has 3 rings (SSSR count). The summed E-state index contributed by atoms with van der Waals surface area (Å²) in [7, 11) is 2.25. The van der Waals surface area contributed by atoms with Crippen LogP contribution in [0.15, 0.2) is 24.5 Å². The average molecular weight is 288 g/mol. The van der Waals surface area contributed by atoms with Crippen LogP contribution in [0, 0.1) is 0 Å². The van der Waals surface area contributed by atoms with Crippen molar-refractivity contribution in [2.24, 2.45) is 5.73 Å². The van der Waals surface area contributed by atoms with Crippen LogP contribution in [-0.2, 0) is 6.42 Å². The van der Waals surface area contributed by atoms with Crippen molar-refractivity contribution in [3.05, 3.63) is 30.1 Å². The monoisotopic (exact) mass is 288 g/mol. The largest absolute Gasteiger partial charge is 0.329 e. The Labute approximate surface area is 128 Å². The van der Waals surface area contributed by atoms with Crippen molar-refractivity contribution in [1.29, 1.82) is 0 Å². The highest BCUT2D eigenvalue weighted by Gasteiger charge is 2.48. The first-order chi connectivity index (χ1) is 10.1. The third-order valence-corrected chi connectivity index (χ3v) is 5.41. The van der Waals surface area contributed by atoms with E-state index in [1.807, 2.05) is 12.4 Å². The first-order valence-electron chi connectivity index (χ1n) is 8.20. The fourth-order valence-electron chi connectivity index (χ4n) is 3.79. The maximum absolute atomic E-state index is 6.21. The van der Waals surface area contributed by atoms with Crippen molar-refractivity contribution in [2.75, 3.05) is 26.7 Å². The molecule has 4 nitrogen and oxygen atoms in total. The minimum absolute atomic E-state index is 0.162. The standard InChI is InChI=1S/C17H28N4/c1-14-11-17(12-18,13-21(14)16-3-4-16)20(2)10-7-15-5-8-19-9-6-15/h5-6,8-9,14,16H,3-4,7,10-13,18H2,1-2H3. The molecule has 0 spiro atoms. The van der Waals surface area contributed by atoms with Gasteiger partial charge in [0.1, 0.15) is 0 Å². The van der Waals surface area contributed by atoms with Gasteiger partial charge in [-0.1, -0.05) is 0 Å². The summed E-state index contributed by atoms with van der Waals surface area (Å²) in [6.07, 6.45) is 8.78. The molecule has 0 bridgehead atoms. The predicted octanol–water partition coefficient (Wildman–Crippen LogP) is 1.51. The third kappa shape index (κ3) is 3.12. The van der Waals surface area contributed by atoms with Crippen molar-refractivity contribution < 1.29 is 0 Å². The zero-order valence-electron chi connectivity index (χ0n) is 13.3. The lowest BCUT2D eigenvalue weighted by Crippen LogP contribution is -2.54. The molecule has 1 saturated carbocycles. The second-order valence-corrected chi connectivity index (χ2v) is 6.91. The van der Waals surface area contributed by atoms with Gasteiger partial charge in [0.25, 0.3) is 0 Å². The summed E-state index contributed by atoms with van der Waals surface area (Å²) in [5.41, 5.74) is 7.72. The topological polar surface area (TPSA) is 45.4 Å². The molecule has 21 heavy (non-hydrogen) atoms. The molecule has 1 saturated heterocycles. The van der Waals surface area contributed by atoms with Gasteiger partial charge in [0.05, 0.1) is 0 Å². The number of rotatable bonds is 6. The van der Waals surface area contributed by atoms with Crippen LogP contribution in [0.2, 0.25) is 0 Å². The summed E-state index contributed by atoms with van der Waals surface area (Å²) in [5, 5.41) is 0. The number of likely N-dealkylation sites (tertiary alicyclic amines) is 1. The molecule has 0 amide bonds. The molecule has 4 heteroatoms. The lowest BCUT2D eigenvalue weighted by Gasteiger charge is -2.38. The molecule has 2 aliphatic rings. The highest BCUT2D eigenvalue weighted by molar-refractivity contribution is 5.11. The van der Waals surface area contributed by atoms with Crippen molar-refractivity contribution in [3.63, 3.8) is 0 Å². The first kappa shape index (κ1) is 14.9. The van der Waals surface area contributed by atoms with Crippen molar-refractivity contribution in [1.82, 2.24) is 14.8 Å². The van der Waals surface area contributed by atoms with Crippen LogP contribution in [0.3, 0.4) is 0 Å². The normalized spacial score (nSPS) is 30.2. The van der Waals surface area contributed by atoms with E-state index in [-0.39, 0.29) is 5.54 Å². The van der Waals surface area contributed by atoms with Crippen LogP contribution in [-0.4, -0.2) is 59.1 Å². The Morgan fingerprint density at radius 1 is 1.38 bits per heavy atom. The number of nitrogens with two attached hydrogens (primary N) is 1. The highest BCUT2D eigenvalue weighted by atomic mass is 15.3. The van der Waals surface area contributed by atoms with Gasteiger partial charge in [-0.05, 0) is 57.4 Å². The van der Waals surface area contributed by atoms with Crippen LogP contribution in [0.5, 0.6) is 0 Å². The van der Waals surface area contributed by atoms with Crippen LogP contribution in [0.4, 0.5) is 0 Å². The van der Waals surface area contributed by atoms with E-state index in [4.69, 9.17) is 5.73 Å². The Hall–Kier alpha value is -0.970. The van der Waals surface area contributed by atoms with E-state index < -0.39 is 0 Å². The predicted molar refractivity (Wildman–Crippen MR) is 86.2 cm³/mol. The Bertz CT molecular complexity index is 459. The van der Waals surface area contributed by atoms with E-state index in [9.17, 15) is 0 Å². The minimum Gasteiger partial charge on any atom is -0.329 e. The smallest absolute Gasteiger partial charge is 0.0470 e. The summed E-state index contributed by atoms with van der Waals surface area (Å²) >= 11 is 0. The number of pyridine rings is 1. The maximum atomic E-state index is 6.21. The van der Waals surface area contributed by atoms with E-state index in [2.05, 4.69) is 40.9 Å². The van der Waals surface area contributed by atoms with Crippen LogP contribution >= 0.6 is 0 Å². The average Bonchev–Trinajstić information content (AvgIpc) is 3.29. The quantitative estimate of drug-likeness (QED) is 0.862. The number of nitrogens with zero attached hydrogens (tertiary/aromatic N) is 3. The lowest BCUT2D eigenvalue weighted by atomic mass is 9.94. The van der Waals surface area contributed by atoms with Crippen molar-refractivity contribution in [2.45, 2.75) is 50.2 Å². The fraction of sp³-hybridized carbons (Fsp3) is 0.706. The number of aromatic nitrogens is 1. The van der Waals surface area contributed by atoms with Crippen molar-refractivity contribution >= 4 is 0 Å². The van der Waals surface area contributed by atoms with Crippen LogP contribution in [0.1, 0.15) is 31.7 Å². The molecule has 1 aromatic rings. The Morgan fingerprint density at radius 2 is 2.10 bits per heavy atom. The second kappa shape index (κ2) is 6.03. The molecule has 2 atom stereocenters. The molecule has 2 heterocycles. The fourth-order valence-corrected chi connectivity index (χ4v) is 3.79. The van der Waals surface area contributed by atoms with E-state index in [0.29, 0.717) is 6.04 Å². The van der Waals surface area contributed by atoms with Gasteiger partial charge >= 0.3 is 0 Å². The van der Waals surface area contributed by atoms with Crippen molar-refractivity contribution in [3.8, 4) is 0 Å². The van der Waals surface area contributed by atoms with E-state index in [0.717, 1.165) is 32.1 Å². The zero-order chi connectivity index (χ0) is 14.9. The lowest BCUT2D eigenvalue weighted by molar-refractivity contribution is 0.129. The Morgan fingerprint density at radius 3 is 2.71 bits per heavy atom. The van der Waals surface area contributed by atoms with Gasteiger partial charge < -0.3 is 5.73 Å². The van der Waals surface area contributed by atoms with E-state index in [1.54, 1.807) is 0 Å². The molecule has 1 aromatic heterocycles. The zero-order valence-corrected chi connectivity index (χ0v) is 13.3. The summed E-state index contributed by atoms with van der Waals surface area (Å²) in [5.74, 6) is 0. The summed E-state index contributed by atoms with van der Waals surface area (Å²) in [4.78, 5) is 9.28. The van der Waals surface area contributed by atoms with Gasteiger partial charge in [-0.2, -0.15) is 0 Å². The molecule has 116 valence electrons. The molecule has 2 N–H and O–H groups in total. The molecule has 0 radical (unpaired) electrons. The summed E-state index contributed by atoms with van der Waals surface area (Å²) < 4.78 is 0. The van der Waals surface area contributed by atoms with E-state index in [1.165, 1.54) is 24.8 Å². The van der Waals surface area contributed by atoms with Gasteiger partial charge in [-0.25, -0.2) is 0 Å². The van der Waals surface area contributed by atoms with E-state index >= 15 is 0 Å². The summed E-state index contributed by atoms with van der Waals surface area (Å²) in [6.45, 7) is 5.33. The number of likely N-dealkylation sites (N-methyl/N-ethyl adjacent to an activating group) is 1. The van der Waals surface area contributed by atoms with Gasteiger partial charge in [0, 0.05) is 49.7 Å². The molecule has 0 aromatic carbocycles. The highest BCUT2D eigenvalue weighted by Crippen LogP contribution is 2.39. The second-order valence-electron chi connectivity index (χ2n) is 6.91. The SMILES string of the molecule is CC1CC(CN)(N(C)CCc2ccncc2)CN1C1CC1. The summed E-state index contributed by atoms with van der Waals surface area (Å²) in [6, 6.07) is 5.72.